The zero-order valence-corrected chi connectivity index (χ0v) is 26.2. The minimum absolute atomic E-state index is 0.239. The van der Waals surface area contributed by atoms with Crippen molar-refractivity contribution in [2.75, 3.05) is 0 Å². The SMILES string of the molecule is c1ccc(-c2nc(-c3cccc4c3ccc3ccc5c6ccccc6[se]c5c34)nc(-c3cccc4oc5ccccc5c34)n2)cc1. The molecule has 46 heavy (non-hydrogen) atoms. The standard InChI is InChI=1S/C41H23N3OSe/c1-2-10-25(11-3-1)39-42-40(44-41(43-39)32-16-9-18-34-37(32)31-13-4-6-17-33(31)45-34)30-15-8-14-28-26(30)22-20-24-21-23-29-27-12-5-7-19-35(27)46-38(29)36(24)28/h1-23H. The van der Waals surface area contributed by atoms with E-state index in [0.29, 0.717) is 17.5 Å². The van der Waals surface area contributed by atoms with Crippen LogP contribution in [0.3, 0.4) is 0 Å². The van der Waals surface area contributed by atoms with Crippen LogP contribution >= 0.6 is 0 Å². The topological polar surface area (TPSA) is 51.8 Å². The first-order valence-corrected chi connectivity index (χ1v) is 17.0. The van der Waals surface area contributed by atoms with E-state index in [0.717, 1.165) is 44.0 Å². The van der Waals surface area contributed by atoms with Crippen LogP contribution < -0.4 is 0 Å². The Bertz CT molecular complexity index is 2820. The van der Waals surface area contributed by atoms with Crippen molar-refractivity contribution in [2.24, 2.45) is 0 Å². The van der Waals surface area contributed by atoms with Crippen LogP contribution in [0.1, 0.15) is 0 Å². The molecule has 0 aliphatic carbocycles. The maximum absolute atomic E-state index is 6.23. The van der Waals surface area contributed by atoms with Gasteiger partial charge >= 0.3 is 252 Å². The molecule has 0 aliphatic rings. The molecular formula is C41H23N3OSe. The van der Waals surface area contributed by atoms with Crippen molar-refractivity contribution in [1.82, 2.24) is 15.0 Å². The van der Waals surface area contributed by atoms with Gasteiger partial charge in [-0.15, -0.1) is 0 Å². The zero-order chi connectivity index (χ0) is 30.2. The summed E-state index contributed by atoms with van der Waals surface area (Å²) in [5.74, 6) is 1.92. The van der Waals surface area contributed by atoms with Crippen LogP contribution in [-0.4, -0.2) is 29.5 Å². The zero-order valence-electron chi connectivity index (χ0n) is 24.4. The summed E-state index contributed by atoms with van der Waals surface area (Å²) >= 11 is 0.239. The van der Waals surface area contributed by atoms with Crippen LogP contribution in [0.2, 0.25) is 0 Å². The fourth-order valence-electron chi connectivity index (χ4n) is 6.85. The number of nitrogens with zero attached hydrogens (tertiary/aromatic N) is 3. The summed E-state index contributed by atoms with van der Waals surface area (Å²) in [6.45, 7) is 0. The van der Waals surface area contributed by atoms with E-state index in [-0.39, 0.29) is 14.5 Å². The predicted molar refractivity (Wildman–Crippen MR) is 190 cm³/mol. The fourth-order valence-corrected chi connectivity index (χ4v) is 9.52. The van der Waals surface area contributed by atoms with Crippen molar-refractivity contribution in [1.29, 1.82) is 0 Å². The first-order valence-electron chi connectivity index (χ1n) is 15.3. The third kappa shape index (κ3) is 3.83. The number of aromatic nitrogens is 3. The molecular weight excluding hydrogens is 629 g/mol. The second kappa shape index (κ2) is 9.95. The fraction of sp³-hybridized carbons (Fsp3) is 0. The van der Waals surface area contributed by atoms with Crippen LogP contribution in [0.5, 0.6) is 0 Å². The number of hydrogen-bond acceptors (Lipinski definition) is 4. The van der Waals surface area contributed by atoms with E-state index in [9.17, 15) is 0 Å². The van der Waals surface area contributed by atoms with Gasteiger partial charge in [-0.25, -0.2) is 0 Å². The van der Waals surface area contributed by atoms with Crippen molar-refractivity contribution in [3.05, 3.63) is 140 Å². The quantitative estimate of drug-likeness (QED) is 0.141. The average molecular weight is 653 g/mol. The molecule has 0 spiro atoms. The van der Waals surface area contributed by atoms with E-state index in [1.54, 1.807) is 0 Å². The van der Waals surface area contributed by atoms with Crippen molar-refractivity contribution < 1.29 is 4.42 Å². The summed E-state index contributed by atoms with van der Waals surface area (Å²) in [6, 6.07) is 48.8. The van der Waals surface area contributed by atoms with E-state index in [2.05, 4.69) is 91.0 Å². The number of hydrogen-bond donors (Lipinski definition) is 0. The molecule has 0 bridgehead atoms. The van der Waals surface area contributed by atoms with Crippen molar-refractivity contribution in [3.8, 4) is 34.2 Å². The number of benzene rings is 7. The van der Waals surface area contributed by atoms with Gasteiger partial charge in [0.1, 0.15) is 0 Å². The summed E-state index contributed by atoms with van der Waals surface area (Å²) < 4.78 is 9.13. The predicted octanol–water partition coefficient (Wildman–Crippen LogP) is 10.4. The average Bonchev–Trinajstić information content (AvgIpc) is 3.70. The molecule has 5 heteroatoms. The van der Waals surface area contributed by atoms with Crippen LogP contribution in [0.4, 0.5) is 0 Å². The number of para-hydroxylation sites is 1. The molecule has 0 N–H and O–H groups in total. The summed E-state index contributed by atoms with van der Waals surface area (Å²) in [4.78, 5) is 15.4. The molecule has 0 amide bonds. The number of rotatable bonds is 3. The molecule has 10 rings (SSSR count). The van der Waals surface area contributed by atoms with Crippen molar-refractivity contribution in [3.63, 3.8) is 0 Å². The molecule has 214 valence electrons. The van der Waals surface area contributed by atoms with Gasteiger partial charge in [0.05, 0.1) is 0 Å². The van der Waals surface area contributed by atoms with E-state index in [4.69, 9.17) is 19.4 Å². The van der Waals surface area contributed by atoms with Crippen LogP contribution in [0.15, 0.2) is 144 Å². The molecule has 10 aromatic rings. The van der Waals surface area contributed by atoms with Crippen LogP contribution in [0, 0.1) is 0 Å². The Morgan fingerprint density at radius 3 is 1.96 bits per heavy atom. The summed E-state index contributed by atoms with van der Waals surface area (Å²) in [7, 11) is 0. The van der Waals surface area contributed by atoms with E-state index in [1.807, 2.05) is 48.5 Å². The Morgan fingerprint density at radius 1 is 0.413 bits per heavy atom. The van der Waals surface area contributed by atoms with E-state index >= 15 is 0 Å². The summed E-state index contributed by atoms with van der Waals surface area (Å²) in [5.41, 5.74) is 4.52. The Labute approximate surface area is 269 Å². The van der Waals surface area contributed by atoms with Gasteiger partial charge in [-0.2, -0.15) is 0 Å². The number of furan rings is 1. The van der Waals surface area contributed by atoms with Gasteiger partial charge in [0.15, 0.2) is 0 Å². The Hall–Kier alpha value is -5.61. The third-order valence-corrected chi connectivity index (χ3v) is 11.5. The maximum atomic E-state index is 6.23. The van der Waals surface area contributed by atoms with E-state index < -0.39 is 0 Å². The molecule has 0 aliphatic heterocycles. The first-order chi connectivity index (χ1) is 22.8. The van der Waals surface area contributed by atoms with Gasteiger partial charge in [-0.05, 0) is 6.07 Å². The van der Waals surface area contributed by atoms with Crippen molar-refractivity contribution >= 4 is 77.3 Å². The number of fused-ring (bicyclic) bond motifs is 10. The molecule has 0 saturated carbocycles. The van der Waals surface area contributed by atoms with E-state index in [1.165, 1.54) is 35.5 Å². The van der Waals surface area contributed by atoms with Gasteiger partial charge in [-0.3, -0.25) is 0 Å². The van der Waals surface area contributed by atoms with Crippen LogP contribution in [0.25, 0.3) is 96.9 Å². The Morgan fingerprint density at radius 2 is 1.07 bits per heavy atom. The minimum atomic E-state index is 0.239. The molecule has 0 radical (unpaired) electrons. The third-order valence-electron chi connectivity index (χ3n) is 8.94. The van der Waals surface area contributed by atoms with Gasteiger partial charge in [0.25, 0.3) is 0 Å². The normalized spacial score (nSPS) is 11.9. The van der Waals surface area contributed by atoms with Crippen molar-refractivity contribution in [2.45, 2.75) is 0 Å². The molecule has 0 atom stereocenters. The monoisotopic (exact) mass is 653 g/mol. The molecule has 3 aromatic heterocycles. The second-order valence-electron chi connectivity index (χ2n) is 11.6. The Kier molecular flexibility index (Phi) is 5.56. The molecule has 4 nitrogen and oxygen atoms in total. The van der Waals surface area contributed by atoms with Gasteiger partial charge in [-0.1, -0.05) is 12.1 Å². The molecule has 0 fully saturated rings. The Balaban J connectivity index is 1.27. The molecule has 7 aromatic carbocycles. The molecule has 0 saturated heterocycles. The molecule has 3 heterocycles. The van der Waals surface area contributed by atoms with Gasteiger partial charge in [0, 0.05) is 0 Å². The van der Waals surface area contributed by atoms with Gasteiger partial charge in [0.2, 0.25) is 0 Å². The van der Waals surface area contributed by atoms with Gasteiger partial charge < -0.3 is 0 Å². The summed E-state index contributed by atoms with van der Waals surface area (Å²) in [6.07, 6.45) is 0. The first kappa shape index (κ1) is 25.7. The second-order valence-corrected chi connectivity index (χ2v) is 13.8. The molecule has 0 unspecified atom stereocenters. The van der Waals surface area contributed by atoms with Crippen LogP contribution in [-0.2, 0) is 0 Å². The summed E-state index contributed by atoms with van der Waals surface area (Å²) in [5, 5.41) is 9.74.